The molecule has 1 unspecified atom stereocenters. The Morgan fingerprint density at radius 1 is 1.12 bits per heavy atom. The summed E-state index contributed by atoms with van der Waals surface area (Å²) < 4.78 is 5.09. The van der Waals surface area contributed by atoms with Gasteiger partial charge in [-0.15, -0.1) is 0 Å². The molecule has 6 nitrogen and oxygen atoms in total. The fourth-order valence-electron chi connectivity index (χ4n) is 2.49. The zero-order chi connectivity index (χ0) is 18.8. The molecule has 2 N–H and O–H groups in total. The maximum absolute atomic E-state index is 12.4. The van der Waals surface area contributed by atoms with Gasteiger partial charge in [-0.2, -0.15) is 0 Å². The summed E-state index contributed by atoms with van der Waals surface area (Å²) in [6.07, 6.45) is 0. The van der Waals surface area contributed by atoms with Crippen LogP contribution in [-0.2, 0) is 4.79 Å². The van der Waals surface area contributed by atoms with E-state index in [0.717, 1.165) is 19.6 Å². The van der Waals surface area contributed by atoms with Gasteiger partial charge in [-0.3, -0.25) is 9.59 Å². The Labute approximate surface area is 150 Å². The van der Waals surface area contributed by atoms with Gasteiger partial charge in [-0.25, -0.2) is 0 Å². The number of ether oxygens (including phenoxy) is 1. The molecule has 0 spiro atoms. The standard InChI is InChI=1S/C19H31N3O3/c1-6-22(7-2)13-12-20-19(24)17(14(3)4)21-18(23)15-8-10-16(25-5)11-9-15/h8-11,14,17H,6-7,12-13H2,1-5H3,(H,20,24)(H,21,23). The van der Waals surface area contributed by atoms with E-state index in [1.54, 1.807) is 31.4 Å². The highest BCUT2D eigenvalue weighted by atomic mass is 16.5. The van der Waals surface area contributed by atoms with Crippen molar-refractivity contribution in [3.8, 4) is 5.75 Å². The Kier molecular flexibility index (Phi) is 8.99. The van der Waals surface area contributed by atoms with Gasteiger partial charge in [0.05, 0.1) is 7.11 Å². The average molecular weight is 349 g/mol. The number of rotatable bonds is 10. The summed E-state index contributed by atoms with van der Waals surface area (Å²) in [5, 5.41) is 5.75. The summed E-state index contributed by atoms with van der Waals surface area (Å²) >= 11 is 0. The van der Waals surface area contributed by atoms with Gasteiger partial charge in [-0.1, -0.05) is 27.7 Å². The smallest absolute Gasteiger partial charge is 0.251 e. The summed E-state index contributed by atoms with van der Waals surface area (Å²) in [7, 11) is 1.58. The van der Waals surface area contributed by atoms with Crippen LogP contribution >= 0.6 is 0 Å². The van der Waals surface area contributed by atoms with Gasteiger partial charge in [0.2, 0.25) is 5.91 Å². The van der Waals surface area contributed by atoms with Crippen LogP contribution in [0, 0.1) is 5.92 Å². The summed E-state index contributed by atoms with van der Waals surface area (Å²) in [6.45, 7) is 11.3. The lowest BCUT2D eigenvalue weighted by Crippen LogP contribution is -2.50. The molecule has 0 saturated heterocycles. The van der Waals surface area contributed by atoms with Crippen LogP contribution in [0.5, 0.6) is 5.75 Å². The molecule has 0 heterocycles. The van der Waals surface area contributed by atoms with Crippen LogP contribution in [0.4, 0.5) is 0 Å². The molecule has 6 heteroatoms. The molecular weight excluding hydrogens is 318 g/mol. The van der Waals surface area contributed by atoms with Crippen molar-refractivity contribution >= 4 is 11.8 Å². The highest BCUT2D eigenvalue weighted by Crippen LogP contribution is 2.12. The van der Waals surface area contributed by atoms with E-state index in [2.05, 4.69) is 29.4 Å². The third kappa shape index (κ3) is 6.74. The van der Waals surface area contributed by atoms with Gasteiger partial charge >= 0.3 is 0 Å². The second-order valence-electron chi connectivity index (χ2n) is 6.24. The summed E-state index contributed by atoms with van der Waals surface area (Å²) in [5.41, 5.74) is 0.502. The van der Waals surface area contributed by atoms with Gasteiger partial charge in [0.15, 0.2) is 0 Å². The lowest BCUT2D eigenvalue weighted by Gasteiger charge is -2.23. The molecule has 0 saturated carbocycles. The minimum atomic E-state index is -0.564. The lowest BCUT2D eigenvalue weighted by atomic mass is 10.0. The van der Waals surface area contributed by atoms with Crippen LogP contribution in [0.15, 0.2) is 24.3 Å². The molecule has 0 aliphatic rings. The highest BCUT2D eigenvalue weighted by molar-refractivity contribution is 5.97. The van der Waals surface area contributed by atoms with Crippen molar-refractivity contribution < 1.29 is 14.3 Å². The van der Waals surface area contributed by atoms with Crippen molar-refractivity contribution in [2.45, 2.75) is 33.7 Å². The summed E-state index contributed by atoms with van der Waals surface area (Å²) in [6, 6.07) is 6.26. The Morgan fingerprint density at radius 2 is 1.72 bits per heavy atom. The molecular formula is C19H31N3O3. The molecule has 25 heavy (non-hydrogen) atoms. The largest absolute Gasteiger partial charge is 0.497 e. The minimum Gasteiger partial charge on any atom is -0.497 e. The van der Waals surface area contributed by atoms with Crippen molar-refractivity contribution in [1.82, 2.24) is 15.5 Å². The van der Waals surface area contributed by atoms with Crippen molar-refractivity contribution in [1.29, 1.82) is 0 Å². The Balaban J connectivity index is 2.62. The fourth-order valence-corrected chi connectivity index (χ4v) is 2.49. The van der Waals surface area contributed by atoms with Gasteiger partial charge in [-0.05, 0) is 43.3 Å². The van der Waals surface area contributed by atoms with Gasteiger partial charge < -0.3 is 20.3 Å². The maximum atomic E-state index is 12.4. The number of likely N-dealkylation sites (N-methyl/N-ethyl adjacent to an activating group) is 1. The molecule has 1 aromatic carbocycles. The summed E-state index contributed by atoms with van der Waals surface area (Å²) in [4.78, 5) is 27.1. The molecule has 0 fully saturated rings. The molecule has 1 rings (SSSR count). The molecule has 0 aliphatic heterocycles. The molecule has 0 aromatic heterocycles. The van der Waals surface area contributed by atoms with Crippen molar-refractivity contribution in [3.05, 3.63) is 29.8 Å². The van der Waals surface area contributed by atoms with E-state index in [1.165, 1.54) is 0 Å². The first kappa shape index (κ1) is 21.0. The summed E-state index contributed by atoms with van der Waals surface area (Å²) in [5.74, 6) is 0.269. The number of carbonyl (C=O) groups excluding carboxylic acids is 2. The highest BCUT2D eigenvalue weighted by Gasteiger charge is 2.24. The number of hydrogen-bond donors (Lipinski definition) is 2. The van der Waals surface area contributed by atoms with Crippen LogP contribution in [0.25, 0.3) is 0 Å². The number of methoxy groups -OCH3 is 1. The van der Waals surface area contributed by atoms with Crippen LogP contribution in [0.3, 0.4) is 0 Å². The van der Waals surface area contributed by atoms with Gasteiger partial charge in [0.25, 0.3) is 5.91 Å². The quantitative estimate of drug-likeness (QED) is 0.677. The Bertz CT molecular complexity index is 539. The fraction of sp³-hybridized carbons (Fsp3) is 0.579. The van der Waals surface area contributed by atoms with Crippen molar-refractivity contribution in [2.24, 2.45) is 5.92 Å². The van der Waals surface area contributed by atoms with E-state index in [-0.39, 0.29) is 17.7 Å². The monoisotopic (exact) mass is 349 g/mol. The van der Waals surface area contributed by atoms with E-state index in [0.29, 0.717) is 17.9 Å². The van der Waals surface area contributed by atoms with E-state index >= 15 is 0 Å². The first-order chi connectivity index (χ1) is 11.9. The van der Waals surface area contributed by atoms with Gasteiger partial charge in [0, 0.05) is 18.7 Å². The van der Waals surface area contributed by atoms with Crippen molar-refractivity contribution in [3.63, 3.8) is 0 Å². The predicted octanol–water partition coefficient (Wildman–Crippen LogP) is 1.91. The zero-order valence-electron chi connectivity index (χ0n) is 16.0. The molecule has 0 aliphatic carbocycles. The lowest BCUT2D eigenvalue weighted by molar-refractivity contribution is -0.124. The third-order valence-corrected chi connectivity index (χ3v) is 4.21. The number of nitrogens with zero attached hydrogens (tertiary/aromatic N) is 1. The first-order valence-electron chi connectivity index (χ1n) is 8.87. The second kappa shape index (κ2) is 10.7. The molecule has 0 radical (unpaired) electrons. The predicted molar refractivity (Wildman–Crippen MR) is 99.9 cm³/mol. The first-order valence-corrected chi connectivity index (χ1v) is 8.87. The van der Waals surface area contributed by atoms with Crippen LogP contribution in [0.2, 0.25) is 0 Å². The number of amides is 2. The number of hydrogen-bond acceptors (Lipinski definition) is 4. The maximum Gasteiger partial charge on any atom is 0.251 e. The van der Waals surface area contributed by atoms with E-state index in [1.807, 2.05) is 13.8 Å². The minimum absolute atomic E-state index is 0.00403. The molecule has 2 amide bonds. The van der Waals surface area contributed by atoms with Crippen molar-refractivity contribution in [2.75, 3.05) is 33.3 Å². The SMILES string of the molecule is CCN(CC)CCNC(=O)C(NC(=O)c1ccc(OC)cc1)C(C)C. The normalized spacial score (nSPS) is 12.1. The van der Waals surface area contributed by atoms with Gasteiger partial charge in [0.1, 0.15) is 11.8 Å². The molecule has 140 valence electrons. The van der Waals surface area contributed by atoms with E-state index in [9.17, 15) is 9.59 Å². The number of benzene rings is 1. The topological polar surface area (TPSA) is 70.7 Å². The molecule has 1 aromatic rings. The number of carbonyl (C=O) groups is 2. The second-order valence-corrected chi connectivity index (χ2v) is 6.24. The van der Waals surface area contributed by atoms with Crippen LogP contribution in [-0.4, -0.2) is 56.0 Å². The molecule has 1 atom stereocenters. The number of nitrogens with one attached hydrogen (secondary N) is 2. The Hall–Kier alpha value is -2.08. The average Bonchev–Trinajstić information content (AvgIpc) is 2.62. The molecule has 0 bridgehead atoms. The third-order valence-electron chi connectivity index (χ3n) is 4.21. The van der Waals surface area contributed by atoms with E-state index in [4.69, 9.17) is 4.74 Å². The van der Waals surface area contributed by atoms with Crippen LogP contribution in [0.1, 0.15) is 38.1 Å². The van der Waals surface area contributed by atoms with E-state index < -0.39 is 6.04 Å². The van der Waals surface area contributed by atoms with Crippen LogP contribution < -0.4 is 15.4 Å². The Morgan fingerprint density at radius 3 is 2.20 bits per heavy atom. The zero-order valence-corrected chi connectivity index (χ0v) is 16.0.